The van der Waals surface area contributed by atoms with Gasteiger partial charge >= 0.3 is 0 Å². The molecule has 1 amide bonds. The van der Waals surface area contributed by atoms with Gasteiger partial charge in [0.1, 0.15) is 17.1 Å². The highest BCUT2D eigenvalue weighted by atomic mass is 35.5. The van der Waals surface area contributed by atoms with Gasteiger partial charge in [-0.2, -0.15) is 4.37 Å². The van der Waals surface area contributed by atoms with Gasteiger partial charge in [0.15, 0.2) is 0 Å². The quantitative estimate of drug-likeness (QED) is 0.472. The zero-order valence-electron chi connectivity index (χ0n) is 14.5. The van der Waals surface area contributed by atoms with E-state index >= 15 is 0 Å². The van der Waals surface area contributed by atoms with Gasteiger partial charge in [0.25, 0.3) is 5.91 Å². The summed E-state index contributed by atoms with van der Waals surface area (Å²) in [4.78, 5) is 20.8. The Balaban J connectivity index is 1.52. The van der Waals surface area contributed by atoms with Crippen LogP contribution < -0.4 is 10.6 Å². The van der Waals surface area contributed by atoms with Crippen LogP contribution in [0.3, 0.4) is 0 Å². The van der Waals surface area contributed by atoms with Crippen LogP contribution in [0.15, 0.2) is 73.2 Å². The molecule has 0 spiro atoms. The van der Waals surface area contributed by atoms with E-state index in [0.29, 0.717) is 27.1 Å². The largest absolute Gasteiger partial charge is 0.339 e. The maximum atomic E-state index is 12.8. The molecule has 0 fully saturated rings. The third-order valence-corrected chi connectivity index (χ3v) is 4.86. The molecule has 138 valence electrons. The fraction of sp³-hybridized carbons (Fsp3) is 0. The molecule has 0 aliphatic rings. The van der Waals surface area contributed by atoms with Crippen molar-refractivity contribution in [2.24, 2.45) is 0 Å². The van der Waals surface area contributed by atoms with E-state index in [1.54, 1.807) is 18.3 Å². The fourth-order valence-electron chi connectivity index (χ4n) is 2.56. The van der Waals surface area contributed by atoms with E-state index < -0.39 is 0 Å². The predicted molar refractivity (Wildman–Crippen MR) is 112 cm³/mol. The van der Waals surface area contributed by atoms with Crippen molar-refractivity contribution in [3.63, 3.8) is 0 Å². The number of anilines is 3. The number of carbonyl (C=O) groups is 1. The lowest BCUT2D eigenvalue weighted by atomic mass is 10.1. The minimum absolute atomic E-state index is 0.233. The van der Waals surface area contributed by atoms with Crippen LogP contribution in [-0.2, 0) is 0 Å². The summed E-state index contributed by atoms with van der Waals surface area (Å²) in [6.07, 6.45) is 3.08. The van der Waals surface area contributed by atoms with Gasteiger partial charge in [-0.25, -0.2) is 9.97 Å². The van der Waals surface area contributed by atoms with E-state index in [0.717, 1.165) is 11.3 Å². The van der Waals surface area contributed by atoms with Crippen LogP contribution in [0.5, 0.6) is 0 Å². The van der Waals surface area contributed by atoms with Crippen molar-refractivity contribution >= 4 is 45.5 Å². The number of nitrogens with zero attached hydrogens (tertiary/aromatic N) is 3. The summed E-state index contributed by atoms with van der Waals surface area (Å²) < 4.78 is 4.40. The Kier molecular flexibility index (Phi) is 5.27. The van der Waals surface area contributed by atoms with Crippen LogP contribution in [0.25, 0.3) is 11.3 Å². The second-order valence-electron chi connectivity index (χ2n) is 5.80. The van der Waals surface area contributed by atoms with Gasteiger partial charge in [-0.3, -0.25) is 4.79 Å². The first-order chi connectivity index (χ1) is 13.7. The molecule has 0 unspecified atom stereocenters. The number of benzene rings is 2. The molecule has 6 nitrogen and oxygen atoms in total. The van der Waals surface area contributed by atoms with Crippen LogP contribution in [0.2, 0.25) is 5.02 Å². The summed E-state index contributed by atoms with van der Waals surface area (Å²) in [6.45, 7) is 0. The summed E-state index contributed by atoms with van der Waals surface area (Å²) in [5.74, 6) is 0.376. The smallest absolute Gasteiger partial charge is 0.258 e. The zero-order valence-corrected chi connectivity index (χ0v) is 16.0. The highest BCUT2D eigenvalue weighted by Crippen LogP contribution is 2.27. The van der Waals surface area contributed by atoms with Crippen molar-refractivity contribution in [1.82, 2.24) is 14.3 Å². The van der Waals surface area contributed by atoms with Gasteiger partial charge in [0.2, 0.25) is 0 Å². The number of para-hydroxylation sites is 1. The molecule has 0 saturated carbocycles. The van der Waals surface area contributed by atoms with Gasteiger partial charge in [-0.15, -0.1) is 0 Å². The summed E-state index contributed by atoms with van der Waals surface area (Å²) in [7, 11) is 0. The SMILES string of the molecule is O=C(Nc1cc(-c2ccc(Cl)cc2)ns1)c1ccccc1Nc1ccncn1. The first-order valence-corrected chi connectivity index (χ1v) is 9.50. The molecular formula is C20H14ClN5OS. The first-order valence-electron chi connectivity index (χ1n) is 8.35. The number of carbonyl (C=O) groups excluding carboxylic acids is 1. The van der Waals surface area contributed by atoms with E-state index in [1.807, 2.05) is 48.5 Å². The third-order valence-electron chi connectivity index (χ3n) is 3.90. The molecule has 0 radical (unpaired) electrons. The Bertz CT molecular complexity index is 1100. The van der Waals surface area contributed by atoms with Crippen LogP contribution >= 0.6 is 23.1 Å². The lowest BCUT2D eigenvalue weighted by molar-refractivity contribution is 0.102. The minimum atomic E-state index is -0.233. The minimum Gasteiger partial charge on any atom is -0.339 e. The molecule has 0 atom stereocenters. The Labute approximate surface area is 170 Å². The molecular weight excluding hydrogens is 394 g/mol. The summed E-state index contributed by atoms with van der Waals surface area (Å²) in [5, 5.41) is 7.37. The molecule has 8 heteroatoms. The molecule has 28 heavy (non-hydrogen) atoms. The summed E-state index contributed by atoms with van der Waals surface area (Å²) in [5.41, 5.74) is 2.88. The lowest BCUT2D eigenvalue weighted by Crippen LogP contribution is -2.13. The van der Waals surface area contributed by atoms with Gasteiger partial charge in [-0.1, -0.05) is 35.9 Å². The van der Waals surface area contributed by atoms with Gasteiger partial charge in [-0.05, 0) is 41.9 Å². The van der Waals surface area contributed by atoms with Gasteiger partial charge in [0, 0.05) is 22.8 Å². The van der Waals surface area contributed by atoms with Crippen LogP contribution in [0.1, 0.15) is 10.4 Å². The van der Waals surface area contributed by atoms with Gasteiger partial charge in [0.05, 0.1) is 16.9 Å². The number of hydrogen-bond acceptors (Lipinski definition) is 6. The zero-order chi connectivity index (χ0) is 19.3. The summed E-state index contributed by atoms with van der Waals surface area (Å²) >= 11 is 7.15. The maximum Gasteiger partial charge on any atom is 0.258 e. The Morgan fingerprint density at radius 2 is 1.86 bits per heavy atom. The van der Waals surface area contributed by atoms with Crippen molar-refractivity contribution in [2.75, 3.05) is 10.6 Å². The maximum absolute atomic E-state index is 12.8. The fourth-order valence-corrected chi connectivity index (χ4v) is 3.35. The number of nitrogens with one attached hydrogen (secondary N) is 2. The first kappa shape index (κ1) is 18.1. The molecule has 0 bridgehead atoms. The van der Waals surface area contributed by atoms with Crippen molar-refractivity contribution in [3.05, 3.63) is 83.8 Å². The third kappa shape index (κ3) is 4.16. The summed E-state index contributed by atoms with van der Waals surface area (Å²) in [6, 6.07) is 18.2. The Morgan fingerprint density at radius 1 is 1.04 bits per heavy atom. The molecule has 2 N–H and O–H groups in total. The van der Waals surface area contributed by atoms with Crippen molar-refractivity contribution in [1.29, 1.82) is 0 Å². The Hall–Kier alpha value is -3.29. The molecule has 0 aliphatic heterocycles. The van der Waals surface area contributed by atoms with Crippen LogP contribution in [0, 0.1) is 0 Å². The second-order valence-corrected chi connectivity index (χ2v) is 7.04. The Morgan fingerprint density at radius 3 is 2.64 bits per heavy atom. The number of hydrogen-bond donors (Lipinski definition) is 2. The number of aromatic nitrogens is 3. The van der Waals surface area contributed by atoms with E-state index in [2.05, 4.69) is 25.0 Å². The molecule has 0 aliphatic carbocycles. The second kappa shape index (κ2) is 8.16. The number of amides is 1. The normalized spacial score (nSPS) is 10.5. The van der Waals surface area contributed by atoms with Crippen LogP contribution in [0.4, 0.5) is 16.5 Å². The molecule has 4 aromatic rings. The number of rotatable bonds is 5. The molecule has 2 heterocycles. The van der Waals surface area contributed by atoms with E-state index in [4.69, 9.17) is 11.6 Å². The highest BCUT2D eigenvalue weighted by Gasteiger charge is 2.14. The lowest BCUT2D eigenvalue weighted by Gasteiger charge is -2.10. The standard InChI is InChI=1S/C20H14ClN5OS/c21-14-7-5-13(6-8-14)17-11-19(28-26-17)25-20(27)15-3-1-2-4-16(15)24-18-9-10-22-12-23-18/h1-12H,(H,25,27)(H,22,23,24). The topological polar surface area (TPSA) is 79.8 Å². The molecule has 4 rings (SSSR count). The van der Waals surface area contributed by atoms with Crippen molar-refractivity contribution in [2.45, 2.75) is 0 Å². The highest BCUT2D eigenvalue weighted by molar-refractivity contribution is 7.10. The monoisotopic (exact) mass is 407 g/mol. The van der Waals surface area contributed by atoms with E-state index in [9.17, 15) is 4.79 Å². The van der Waals surface area contributed by atoms with E-state index in [-0.39, 0.29) is 5.91 Å². The molecule has 0 saturated heterocycles. The molecule has 2 aromatic carbocycles. The van der Waals surface area contributed by atoms with Crippen molar-refractivity contribution in [3.8, 4) is 11.3 Å². The number of halogens is 1. The molecule has 2 aromatic heterocycles. The van der Waals surface area contributed by atoms with Gasteiger partial charge < -0.3 is 10.6 Å². The van der Waals surface area contributed by atoms with E-state index in [1.165, 1.54) is 17.9 Å². The average molecular weight is 408 g/mol. The van der Waals surface area contributed by atoms with Crippen molar-refractivity contribution < 1.29 is 4.79 Å². The predicted octanol–water partition coefficient (Wildman–Crippen LogP) is 5.25. The average Bonchev–Trinajstić information content (AvgIpc) is 3.18. The van der Waals surface area contributed by atoms with Crippen LogP contribution in [-0.4, -0.2) is 20.2 Å².